The second-order valence-electron chi connectivity index (χ2n) is 8.38. The lowest BCUT2D eigenvalue weighted by Crippen LogP contribution is -2.46. The molecule has 5 rings (SSSR count). The molecule has 184 valence electrons. The summed E-state index contributed by atoms with van der Waals surface area (Å²) in [6.07, 6.45) is 3.45. The normalized spacial score (nSPS) is 17.4. The van der Waals surface area contributed by atoms with Crippen LogP contribution in [0.2, 0.25) is 0 Å². The summed E-state index contributed by atoms with van der Waals surface area (Å²) in [5.74, 6) is -0.801. The molecule has 2 aromatic carbocycles. The number of benzene rings is 2. The predicted molar refractivity (Wildman–Crippen MR) is 134 cm³/mol. The van der Waals surface area contributed by atoms with Gasteiger partial charge >= 0.3 is 0 Å². The molecular formula is C25H22N4O6S. The van der Waals surface area contributed by atoms with Crippen molar-refractivity contribution in [3.05, 3.63) is 80.9 Å². The molecular weight excluding hydrogens is 484 g/mol. The Bertz CT molecular complexity index is 1410. The molecule has 0 saturated carbocycles. The first-order chi connectivity index (χ1) is 17.4. The third-order valence-electron chi connectivity index (χ3n) is 6.17. The van der Waals surface area contributed by atoms with Crippen molar-refractivity contribution < 1.29 is 24.0 Å². The van der Waals surface area contributed by atoms with Crippen LogP contribution in [0, 0.1) is 10.1 Å². The van der Waals surface area contributed by atoms with Gasteiger partial charge in [0.25, 0.3) is 16.8 Å². The van der Waals surface area contributed by atoms with E-state index in [9.17, 15) is 24.5 Å². The molecule has 1 aromatic heterocycles. The number of amides is 3. The highest BCUT2D eigenvalue weighted by Crippen LogP contribution is 2.34. The van der Waals surface area contributed by atoms with Gasteiger partial charge in [-0.3, -0.25) is 29.4 Å². The number of ether oxygens (including phenoxy) is 1. The Kier molecular flexibility index (Phi) is 6.57. The third kappa shape index (κ3) is 4.62. The number of thioether (sulfide) groups is 1. The van der Waals surface area contributed by atoms with E-state index in [1.54, 1.807) is 29.2 Å². The van der Waals surface area contributed by atoms with Gasteiger partial charge in [0.1, 0.15) is 6.54 Å². The number of nitro groups is 1. The van der Waals surface area contributed by atoms with Crippen LogP contribution in [-0.4, -0.2) is 69.2 Å². The van der Waals surface area contributed by atoms with Crippen molar-refractivity contribution in [3.63, 3.8) is 0 Å². The van der Waals surface area contributed by atoms with Crippen molar-refractivity contribution in [2.75, 3.05) is 32.8 Å². The number of hydrogen-bond acceptors (Lipinski definition) is 7. The van der Waals surface area contributed by atoms with Crippen LogP contribution in [0.4, 0.5) is 10.5 Å². The number of para-hydroxylation sites is 2. The summed E-state index contributed by atoms with van der Waals surface area (Å²) in [5.41, 5.74) is 2.12. The quantitative estimate of drug-likeness (QED) is 0.286. The number of nitrogens with zero attached hydrogens (tertiary/aromatic N) is 4. The van der Waals surface area contributed by atoms with Crippen molar-refractivity contribution in [2.45, 2.75) is 6.54 Å². The van der Waals surface area contributed by atoms with Crippen molar-refractivity contribution in [3.8, 4) is 0 Å². The highest BCUT2D eigenvalue weighted by molar-refractivity contribution is 8.18. The van der Waals surface area contributed by atoms with Crippen LogP contribution in [0.25, 0.3) is 17.0 Å². The zero-order valence-corrected chi connectivity index (χ0v) is 20.0. The largest absolute Gasteiger partial charge is 0.378 e. The average Bonchev–Trinajstić information content (AvgIpc) is 3.36. The summed E-state index contributed by atoms with van der Waals surface area (Å²) in [6, 6.07) is 14.1. The molecule has 3 heterocycles. The fraction of sp³-hybridized carbons (Fsp3) is 0.240. The maximum absolute atomic E-state index is 13.0. The maximum atomic E-state index is 13.0. The number of carbonyl (C=O) groups is 3. The lowest BCUT2D eigenvalue weighted by Gasteiger charge is -2.28. The van der Waals surface area contributed by atoms with Crippen LogP contribution < -0.4 is 0 Å². The SMILES string of the molecule is O=C(CN1C(=O)S/C(=C\c2cn(Cc3ccccc3[N+](=O)[O-])c3ccccc23)C1=O)N1CCOCC1. The molecule has 0 radical (unpaired) electrons. The zero-order valence-electron chi connectivity index (χ0n) is 19.2. The standard InChI is InChI=1S/C25H22N4O6S/c30-23(26-9-11-35-12-10-26)16-28-24(31)22(36-25(28)32)13-18-15-27(21-8-4-2-6-19(18)21)14-17-5-1-3-7-20(17)29(33)34/h1-8,13,15H,9-12,14,16H2/b22-13-. The second kappa shape index (κ2) is 9.96. The molecule has 0 unspecified atom stereocenters. The molecule has 0 aliphatic carbocycles. The van der Waals surface area contributed by atoms with E-state index < -0.39 is 16.1 Å². The molecule has 2 saturated heterocycles. The monoisotopic (exact) mass is 506 g/mol. The minimum Gasteiger partial charge on any atom is -0.378 e. The Morgan fingerprint density at radius 1 is 1.08 bits per heavy atom. The van der Waals surface area contributed by atoms with E-state index in [4.69, 9.17) is 4.74 Å². The summed E-state index contributed by atoms with van der Waals surface area (Å²) in [5, 5.41) is 11.8. The second-order valence-corrected chi connectivity index (χ2v) is 9.37. The number of carbonyl (C=O) groups excluding carboxylic acids is 3. The summed E-state index contributed by atoms with van der Waals surface area (Å²) in [7, 11) is 0. The molecule has 0 bridgehead atoms. The van der Waals surface area contributed by atoms with Crippen LogP contribution in [-0.2, 0) is 20.9 Å². The van der Waals surface area contributed by atoms with Crippen LogP contribution in [0.5, 0.6) is 0 Å². The molecule has 2 aliphatic rings. The fourth-order valence-electron chi connectivity index (χ4n) is 4.35. The Balaban J connectivity index is 1.42. The summed E-state index contributed by atoms with van der Waals surface area (Å²) in [6.45, 7) is 1.70. The number of imide groups is 1. The van der Waals surface area contributed by atoms with E-state index in [1.165, 1.54) is 6.07 Å². The molecule has 3 aromatic rings. The van der Waals surface area contributed by atoms with E-state index in [0.29, 0.717) is 37.4 Å². The van der Waals surface area contributed by atoms with Gasteiger partial charge in [-0.1, -0.05) is 36.4 Å². The smallest absolute Gasteiger partial charge is 0.294 e. The molecule has 2 fully saturated rings. The Morgan fingerprint density at radius 3 is 2.58 bits per heavy atom. The highest BCUT2D eigenvalue weighted by Gasteiger charge is 2.37. The van der Waals surface area contributed by atoms with Crippen molar-refractivity contribution in [2.24, 2.45) is 0 Å². The molecule has 0 spiro atoms. The van der Waals surface area contributed by atoms with Gasteiger partial charge in [-0.15, -0.1) is 0 Å². The first-order valence-corrected chi connectivity index (χ1v) is 12.1. The number of morpholine rings is 1. The minimum atomic E-state index is -0.512. The van der Waals surface area contributed by atoms with E-state index in [-0.39, 0.29) is 29.6 Å². The van der Waals surface area contributed by atoms with Crippen LogP contribution >= 0.6 is 11.8 Å². The maximum Gasteiger partial charge on any atom is 0.294 e. The van der Waals surface area contributed by atoms with Gasteiger partial charge < -0.3 is 14.2 Å². The molecule has 36 heavy (non-hydrogen) atoms. The Morgan fingerprint density at radius 2 is 1.81 bits per heavy atom. The van der Waals surface area contributed by atoms with E-state index >= 15 is 0 Å². The van der Waals surface area contributed by atoms with Gasteiger partial charge in [0.05, 0.1) is 29.6 Å². The molecule has 0 N–H and O–H groups in total. The van der Waals surface area contributed by atoms with Crippen molar-refractivity contribution >= 4 is 51.5 Å². The van der Waals surface area contributed by atoms with Gasteiger partial charge in [-0.2, -0.15) is 0 Å². The van der Waals surface area contributed by atoms with Crippen LogP contribution in [0.1, 0.15) is 11.1 Å². The zero-order chi connectivity index (χ0) is 25.2. The van der Waals surface area contributed by atoms with Gasteiger partial charge in [0, 0.05) is 47.4 Å². The van der Waals surface area contributed by atoms with Gasteiger partial charge in [0.15, 0.2) is 0 Å². The first-order valence-electron chi connectivity index (χ1n) is 11.3. The summed E-state index contributed by atoms with van der Waals surface area (Å²) < 4.78 is 7.13. The number of rotatable bonds is 6. The molecule has 2 aliphatic heterocycles. The lowest BCUT2D eigenvalue weighted by molar-refractivity contribution is -0.385. The fourth-order valence-corrected chi connectivity index (χ4v) is 5.18. The van der Waals surface area contributed by atoms with Gasteiger partial charge in [-0.25, -0.2) is 0 Å². The number of hydrogen-bond donors (Lipinski definition) is 0. The topological polar surface area (TPSA) is 115 Å². The van der Waals surface area contributed by atoms with Gasteiger partial charge in [0.2, 0.25) is 5.91 Å². The summed E-state index contributed by atoms with van der Waals surface area (Å²) in [4.78, 5) is 52.0. The van der Waals surface area contributed by atoms with Crippen molar-refractivity contribution in [1.29, 1.82) is 0 Å². The van der Waals surface area contributed by atoms with Crippen molar-refractivity contribution in [1.82, 2.24) is 14.4 Å². The van der Waals surface area contributed by atoms with E-state index in [1.807, 2.05) is 35.0 Å². The summed E-state index contributed by atoms with van der Waals surface area (Å²) >= 11 is 0.798. The van der Waals surface area contributed by atoms with Gasteiger partial charge in [-0.05, 0) is 23.9 Å². The lowest BCUT2D eigenvalue weighted by atomic mass is 10.1. The van der Waals surface area contributed by atoms with E-state index in [2.05, 4.69) is 0 Å². The number of nitro benzene ring substituents is 1. The molecule has 0 atom stereocenters. The molecule has 11 heteroatoms. The number of fused-ring (bicyclic) bond motifs is 1. The first kappa shape index (κ1) is 23.8. The van der Waals surface area contributed by atoms with Crippen LogP contribution in [0.3, 0.4) is 0 Å². The highest BCUT2D eigenvalue weighted by atomic mass is 32.2. The number of aromatic nitrogens is 1. The average molecular weight is 507 g/mol. The third-order valence-corrected chi connectivity index (χ3v) is 7.07. The minimum absolute atomic E-state index is 0.0304. The predicted octanol–water partition coefficient (Wildman–Crippen LogP) is 3.49. The molecule has 10 nitrogen and oxygen atoms in total. The Hall–Kier alpha value is -3.96. The molecule has 3 amide bonds. The van der Waals surface area contributed by atoms with E-state index in [0.717, 1.165) is 27.6 Å². The Labute approximate surface area is 210 Å². The van der Waals surface area contributed by atoms with Crippen LogP contribution in [0.15, 0.2) is 59.6 Å².